The van der Waals surface area contributed by atoms with Gasteiger partial charge in [-0.1, -0.05) is 6.07 Å². The van der Waals surface area contributed by atoms with Gasteiger partial charge >= 0.3 is 0 Å². The maximum atomic E-state index is 5.38. The van der Waals surface area contributed by atoms with Gasteiger partial charge in [0.15, 0.2) is 0 Å². The van der Waals surface area contributed by atoms with Crippen molar-refractivity contribution in [1.29, 1.82) is 0 Å². The summed E-state index contributed by atoms with van der Waals surface area (Å²) in [5, 5.41) is 3.31. The highest BCUT2D eigenvalue weighted by Crippen LogP contribution is 2.15. The SMILES string of the molecule is CCOc1ccc(NCc2ccccn2)cc1. The lowest BCUT2D eigenvalue weighted by Crippen LogP contribution is -2.01. The van der Waals surface area contributed by atoms with Crippen LogP contribution in [0.1, 0.15) is 12.6 Å². The zero-order valence-corrected chi connectivity index (χ0v) is 9.89. The van der Waals surface area contributed by atoms with Crippen molar-refractivity contribution in [3.05, 3.63) is 54.4 Å². The Kier molecular flexibility index (Phi) is 3.97. The zero-order chi connectivity index (χ0) is 11.9. The Morgan fingerprint density at radius 1 is 1.12 bits per heavy atom. The molecule has 0 radical (unpaired) electrons. The van der Waals surface area contributed by atoms with E-state index >= 15 is 0 Å². The van der Waals surface area contributed by atoms with Gasteiger partial charge in [0, 0.05) is 11.9 Å². The van der Waals surface area contributed by atoms with Gasteiger partial charge in [-0.3, -0.25) is 4.98 Å². The monoisotopic (exact) mass is 228 g/mol. The van der Waals surface area contributed by atoms with Crippen molar-refractivity contribution in [1.82, 2.24) is 4.98 Å². The largest absolute Gasteiger partial charge is 0.494 e. The van der Waals surface area contributed by atoms with Gasteiger partial charge in [-0.05, 0) is 43.3 Å². The van der Waals surface area contributed by atoms with Crippen LogP contribution in [0.15, 0.2) is 48.7 Å². The fraction of sp³-hybridized carbons (Fsp3) is 0.214. The number of anilines is 1. The van der Waals surface area contributed by atoms with Crippen LogP contribution in [0.4, 0.5) is 5.69 Å². The molecule has 0 aliphatic rings. The summed E-state index contributed by atoms with van der Waals surface area (Å²) < 4.78 is 5.38. The number of pyridine rings is 1. The molecule has 1 heterocycles. The lowest BCUT2D eigenvalue weighted by atomic mass is 10.3. The van der Waals surface area contributed by atoms with Crippen LogP contribution in [0, 0.1) is 0 Å². The molecule has 88 valence electrons. The fourth-order valence-electron chi connectivity index (χ4n) is 1.53. The highest BCUT2D eigenvalue weighted by atomic mass is 16.5. The van der Waals surface area contributed by atoms with Crippen molar-refractivity contribution in [3.63, 3.8) is 0 Å². The molecule has 0 saturated heterocycles. The van der Waals surface area contributed by atoms with Crippen LogP contribution in [0.3, 0.4) is 0 Å². The Balaban J connectivity index is 1.91. The molecule has 0 spiro atoms. The minimum atomic E-state index is 0.695. The lowest BCUT2D eigenvalue weighted by Gasteiger charge is -2.07. The predicted molar refractivity (Wildman–Crippen MR) is 69.2 cm³/mol. The molecule has 0 amide bonds. The second-order valence-electron chi connectivity index (χ2n) is 3.63. The molecule has 0 aliphatic carbocycles. The molecule has 1 aromatic carbocycles. The van der Waals surface area contributed by atoms with Crippen LogP contribution in [0.5, 0.6) is 5.75 Å². The van der Waals surface area contributed by atoms with Gasteiger partial charge in [-0.2, -0.15) is 0 Å². The summed E-state index contributed by atoms with van der Waals surface area (Å²) in [7, 11) is 0. The van der Waals surface area contributed by atoms with Gasteiger partial charge in [0.25, 0.3) is 0 Å². The van der Waals surface area contributed by atoms with Crippen LogP contribution in [0.2, 0.25) is 0 Å². The van der Waals surface area contributed by atoms with Crippen molar-refractivity contribution < 1.29 is 4.74 Å². The van der Waals surface area contributed by atoms with E-state index < -0.39 is 0 Å². The quantitative estimate of drug-likeness (QED) is 0.853. The standard InChI is InChI=1S/C14H16N2O/c1-2-17-14-8-6-12(7-9-14)16-11-13-5-3-4-10-15-13/h3-10,16H,2,11H2,1H3. The van der Waals surface area contributed by atoms with E-state index in [1.807, 2.05) is 49.4 Å². The number of ether oxygens (including phenoxy) is 1. The lowest BCUT2D eigenvalue weighted by molar-refractivity contribution is 0.340. The second kappa shape index (κ2) is 5.89. The normalized spacial score (nSPS) is 9.94. The number of aromatic nitrogens is 1. The minimum Gasteiger partial charge on any atom is -0.494 e. The van der Waals surface area contributed by atoms with Crippen molar-refractivity contribution in [2.75, 3.05) is 11.9 Å². The average Bonchev–Trinajstić information content (AvgIpc) is 2.40. The molecular weight excluding hydrogens is 212 g/mol. The minimum absolute atomic E-state index is 0.695. The number of rotatable bonds is 5. The van der Waals surface area contributed by atoms with E-state index in [4.69, 9.17) is 4.74 Å². The first-order valence-corrected chi connectivity index (χ1v) is 5.75. The molecule has 17 heavy (non-hydrogen) atoms. The molecule has 3 nitrogen and oxygen atoms in total. The third kappa shape index (κ3) is 3.48. The van der Waals surface area contributed by atoms with E-state index in [1.54, 1.807) is 6.20 Å². The number of benzene rings is 1. The highest BCUT2D eigenvalue weighted by Gasteiger charge is 1.95. The van der Waals surface area contributed by atoms with Gasteiger partial charge in [-0.15, -0.1) is 0 Å². The topological polar surface area (TPSA) is 34.1 Å². The third-order valence-electron chi connectivity index (χ3n) is 2.37. The van der Waals surface area contributed by atoms with Crippen LogP contribution < -0.4 is 10.1 Å². The Hall–Kier alpha value is -2.03. The molecule has 2 aromatic rings. The number of hydrogen-bond acceptors (Lipinski definition) is 3. The van der Waals surface area contributed by atoms with E-state index in [1.165, 1.54) is 0 Å². The summed E-state index contributed by atoms with van der Waals surface area (Å²) in [4.78, 5) is 4.25. The van der Waals surface area contributed by atoms with E-state index in [9.17, 15) is 0 Å². The molecule has 0 aliphatic heterocycles. The molecule has 0 unspecified atom stereocenters. The van der Waals surface area contributed by atoms with E-state index in [-0.39, 0.29) is 0 Å². The van der Waals surface area contributed by atoms with Crippen molar-refractivity contribution >= 4 is 5.69 Å². The van der Waals surface area contributed by atoms with Crippen molar-refractivity contribution in [3.8, 4) is 5.75 Å². The molecule has 2 rings (SSSR count). The first kappa shape index (κ1) is 11.5. The Morgan fingerprint density at radius 2 is 1.94 bits per heavy atom. The van der Waals surface area contributed by atoms with Crippen molar-refractivity contribution in [2.45, 2.75) is 13.5 Å². The molecule has 1 aromatic heterocycles. The van der Waals surface area contributed by atoms with Gasteiger partial charge < -0.3 is 10.1 Å². The Bertz CT molecular complexity index is 440. The van der Waals surface area contributed by atoms with Crippen LogP contribution in [-0.4, -0.2) is 11.6 Å². The summed E-state index contributed by atoms with van der Waals surface area (Å²) in [5.41, 5.74) is 2.10. The van der Waals surface area contributed by atoms with E-state index in [0.717, 1.165) is 23.7 Å². The summed E-state index contributed by atoms with van der Waals surface area (Å²) in [5.74, 6) is 0.899. The summed E-state index contributed by atoms with van der Waals surface area (Å²) >= 11 is 0. The second-order valence-corrected chi connectivity index (χ2v) is 3.63. The van der Waals surface area contributed by atoms with Gasteiger partial charge in [-0.25, -0.2) is 0 Å². The van der Waals surface area contributed by atoms with Crippen LogP contribution in [-0.2, 0) is 6.54 Å². The molecule has 0 bridgehead atoms. The van der Waals surface area contributed by atoms with Crippen LogP contribution in [0.25, 0.3) is 0 Å². The predicted octanol–water partition coefficient (Wildman–Crippen LogP) is 3.09. The molecule has 0 atom stereocenters. The number of hydrogen-bond donors (Lipinski definition) is 1. The Morgan fingerprint density at radius 3 is 2.59 bits per heavy atom. The van der Waals surface area contributed by atoms with E-state index in [0.29, 0.717) is 6.61 Å². The molecule has 0 fully saturated rings. The Labute approximate surface area is 101 Å². The van der Waals surface area contributed by atoms with Crippen molar-refractivity contribution in [2.24, 2.45) is 0 Å². The smallest absolute Gasteiger partial charge is 0.119 e. The molecular formula is C14H16N2O. The van der Waals surface area contributed by atoms with Gasteiger partial charge in [0.1, 0.15) is 5.75 Å². The summed E-state index contributed by atoms with van der Waals surface area (Å²) in [6, 6.07) is 13.8. The number of nitrogens with zero attached hydrogens (tertiary/aromatic N) is 1. The third-order valence-corrected chi connectivity index (χ3v) is 2.37. The number of nitrogens with one attached hydrogen (secondary N) is 1. The summed E-state index contributed by atoms with van der Waals surface area (Å²) in [6.45, 7) is 3.41. The summed E-state index contributed by atoms with van der Waals surface area (Å²) in [6.07, 6.45) is 1.80. The first-order valence-electron chi connectivity index (χ1n) is 5.75. The molecule has 3 heteroatoms. The van der Waals surface area contributed by atoms with Gasteiger partial charge in [0.2, 0.25) is 0 Å². The highest BCUT2D eigenvalue weighted by molar-refractivity contribution is 5.46. The maximum Gasteiger partial charge on any atom is 0.119 e. The first-order chi connectivity index (χ1) is 8.38. The van der Waals surface area contributed by atoms with E-state index in [2.05, 4.69) is 10.3 Å². The average molecular weight is 228 g/mol. The zero-order valence-electron chi connectivity index (χ0n) is 9.89. The fourth-order valence-corrected chi connectivity index (χ4v) is 1.53. The maximum absolute atomic E-state index is 5.38. The van der Waals surface area contributed by atoms with Crippen LogP contribution >= 0.6 is 0 Å². The molecule has 1 N–H and O–H groups in total. The molecule has 0 saturated carbocycles. The van der Waals surface area contributed by atoms with Gasteiger partial charge in [0.05, 0.1) is 18.8 Å².